The number of nitrogens with one attached hydrogen (secondary N) is 2. The first-order valence-electron chi connectivity index (χ1n) is 7.38. The lowest BCUT2D eigenvalue weighted by molar-refractivity contribution is -0.118. The van der Waals surface area contributed by atoms with Gasteiger partial charge in [-0.25, -0.2) is 0 Å². The average Bonchev–Trinajstić information content (AvgIpc) is 3.09. The van der Waals surface area contributed by atoms with Crippen LogP contribution in [0.2, 0.25) is 10.0 Å². The predicted molar refractivity (Wildman–Crippen MR) is 96.4 cm³/mol. The molecule has 0 aliphatic carbocycles. The molecule has 2 aromatic carbocycles. The van der Waals surface area contributed by atoms with Gasteiger partial charge in [0, 0.05) is 22.8 Å². The maximum absolute atomic E-state index is 12.0. The van der Waals surface area contributed by atoms with Crippen LogP contribution in [0.25, 0.3) is 0 Å². The molecule has 7 heteroatoms. The third kappa shape index (κ3) is 4.19. The molecule has 24 heavy (non-hydrogen) atoms. The van der Waals surface area contributed by atoms with E-state index in [0.29, 0.717) is 21.5 Å². The highest BCUT2D eigenvalue weighted by Crippen LogP contribution is 2.27. The Morgan fingerprint density at radius 2 is 2.12 bits per heavy atom. The highest BCUT2D eigenvalue weighted by Gasteiger charge is 2.10. The fourth-order valence-corrected chi connectivity index (χ4v) is 2.73. The normalized spacial score (nSPS) is 13.2. The van der Waals surface area contributed by atoms with Crippen molar-refractivity contribution in [3.63, 3.8) is 0 Å². The summed E-state index contributed by atoms with van der Waals surface area (Å²) in [4.78, 5) is 16.4. The molecular formula is C17H15Cl2N3O2. The molecule has 0 bridgehead atoms. The number of anilines is 1. The van der Waals surface area contributed by atoms with Crippen molar-refractivity contribution in [2.75, 3.05) is 25.0 Å². The number of halogens is 2. The standard InChI is InChI=1S/C17H15Cl2N3O2/c18-12-4-5-15(14(19)9-12)24-10-16(23)22-13-3-1-2-11(8-13)17-20-6-7-21-17/h1-5,8-9H,6-7,10H2,(H,20,21)(H,22,23). The number of ether oxygens (including phenoxy) is 1. The van der Waals surface area contributed by atoms with Gasteiger partial charge in [0.2, 0.25) is 0 Å². The molecule has 0 spiro atoms. The molecule has 0 unspecified atom stereocenters. The van der Waals surface area contributed by atoms with Crippen LogP contribution in [0.15, 0.2) is 47.5 Å². The van der Waals surface area contributed by atoms with Crippen molar-refractivity contribution in [1.82, 2.24) is 5.32 Å². The van der Waals surface area contributed by atoms with Crippen molar-refractivity contribution in [1.29, 1.82) is 0 Å². The van der Waals surface area contributed by atoms with E-state index in [9.17, 15) is 4.79 Å². The minimum Gasteiger partial charge on any atom is -0.482 e. The fourth-order valence-electron chi connectivity index (χ4n) is 2.27. The number of aliphatic imine (C=N–C) groups is 1. The molecule has 0 atom stereocenters. The Labute approximate surface area is 149 Å². The van der Waals surface area contributed by atoms with Gasteiger partial charge in [0.25, 0.3) is 5.91 Å². The average molecular weight is 364 g/mol. The fraction of sp³-hybridized carbons (Fsp3) is 0.176. The van der Waals surface area contributed by atoms with Crippen LogP contribution in [0.3, 0.4) is 0 Å². The number of carbonyl (C=O) groups excluding carboxylic acids is 1. The second-order valence-corrected chi connectivity index (χ2v) is 5.99. The second-order valence-electron chi connectivity index (χ2n) is 5.15. The van der Waals surface area contributed by atoms with E-state index in [1.54, 1.807) is 18.2 Å². The molecule has 3 rings (SSSR count). The Morgan fingerprint density at radius 3 is 2.88 bits per heavy atom. The van der Waals surface area contributed by atoms with Gasteiger partial charge in [0.15, 0.2) is 6.61 Å². The van der Waals surface area contributed by atoms with Crippen LogP contribution in [-0.4, -0.2) is 31.4 Å². The zero-order valence-corrected chi connectivity index (χ0v) is 14.2. The number of benzene rings is 2. The Kier molecular flexibility index (Phi) is 5.23. The van der Waals surface area contributed by atoms with Gasteiger partial charge in [-0.3, -0.25) is 9.79 Å². The zero-order chi connectivity index (χ0) is 16.9. The minimum atomic E-state index is -0.278. The van der Waals surface area contributed by atoms with E-state index in [2.05, 4.69) is 15.6 Å². The molecule has 2 aromatic rings. The summed E-state index contributed by atoms with van der Waals surface area (Å²) >= 11 is 11.8. The van der Waals surface area contributed by atoms with Gasteiger partial charge < -0.3 is 15.4 Å². The largest absolute Gasteiger partial charge is 0.482 e. The zero-order valence-electron chi connectivity index (χ0n) is 12.7. The van der Waals surface area contributed by atoms with Crippen molar-refractivity contribution in [3.05, 3.63) is 58.1 Å². The number of hydrogen-bond donors (Lipinski definition) is 2. The number of amidine groups is 1. The molecule has 2 N–H and O–H groups in total. The summed E-state index contributed by atoms with van der Waals surface area (Å²) in [5.41, 5.74) is 1.62. The lowest BCUT2D eigenvalue weighted by Crippen LogP contribution is -2.22. The quantitative estimate of drug-likeness (QED) is 0.855. The summed E-state index contributed by atoms with van der Waals surface area (Å²) in [6.45, 7) is 1.45. The Morgan fingerprint density at radius 1 is 1.25 bits per heavy atom. The van der Waals surface area contributed by atoms with E-state index in [1.807, 2.05) is 24.3 Å². The third-order valence-electron chi connectivity index (χ3n) is 3.35. The Balaban J connectivity index is 1.59. The highest BCUT2D eigenvalue weighted by atomic mass is 35.5. The molecule has 5 nitrogen and oxygen atoms in total. The van der Waals surface area contributed by atoms with Crippen LogP contribution in [-0.2, 0) is 4.79 Å². The van der Waals surface area contributed by atoms with Gasteiger partial charge in [-0.2, -0.15) is 0 Å². The first-order chi connectivity index (χ1) is 11.6. The Hall–Kier alpha value is -2.24. The molecule has 0 fully saturated rings. The molecule has 0 radical (unpaired) electrons. The molecule has 0 saturated carbocycles. The smallest absolute Gasteiger partial charge is 0.262 e. The molecule has 1 heterocycles. The molecule has 1 amide bonds. The summed E-state index contributed by atoms with van der Waals surface area (Å²) in [5.74, 6) is 0.976. The Bertz CT molecular complexity index is 793. The highest BCUT2D eigenvalue weighted by molar-refractivity contribution is 6.35. The van der Waals surface area contributed by atoms with Crippen LogP contribution in [0.4, 0.5) is 5.69 Å². The van der Waals surface area contributed by atoms with Gasteiger partial charge in [0.1, 0.15) is 11.6 Å². The van der Waals surface area contributed by atoms with Gasteiger partial charge >= 0.3 is 0 Å². The van der Waals surface area contributed by atoms with Gasteiger partial charge in [-0.05, 0) is 30.3 Å². The second kappa shape index (κ2) is 7.55. The molecule has 0 aromatic heterocycles. The predicted octanol–water partition coefficient (Wildman–Crippen LogP) is 3.36. The summed E-state index contributed by atoms with van der Waals surface area (Å²) in [5, 5.41) is 6.86. The van der Waals surface area contributed by atoms with Crippen molar-refractivity contribution in [3.8, 4) is 5.75 Å². The molecular weight excluding hydrogens is 349 g/mol. The first-order valence-corrected chi connectivity index (χ1v) is 8.14. The minimum absolute atomic E-state index is 0.148. The summed E-state index contributed by atoms with van der Waals surface area (Å²) in [6.07, 6.45) is 0. The van der Waals surface area contributed by atoms with E-state index in [4.69, 9.17) is 27.9 Å². The number of amides is 1. The lowest BCUT2D eigenvalue weighted by Gasteiger charge is -2.10. The van der Waals surface area contributed by atoms with Crippen LogP contribution in [0, 0.1) is 0 Å². The maximum Gasteiger partial charge on any atom is 0.262 e. The van der Waals surface area contributed by atoms with Crippen molar-refractivity contribution >= 4 is 40.6 Å². The number of rotatable bonds is 5. The summed E-state index contributed by atoms with van der Waals surface area (Å²) < 4.78 is 5.42. The SMILES string of the molecule is O=C(COc1ccc(Cl)cc1Cl)Nc1cccc(C2=NCCN2)c1. The van der Waals surface area contributed by atoms with Gasteiger partial charge in [0.05, 0.1) is 11.6 Å². The number of nitrogens with zero attached hydrogens (tertiary/aromatic N) is 1. The van der Waals surface area contributed by atoms with Crippen molar-refractivity contribution < 1.29 is 9.53 Å². The van der Waals surface area contributed by atoms with E-state index in [1.165, 1.54) is 0 Å². The van der Waals surface area contributed by atoms with E-state index in [0.717, 1.165) is 24.5 Å². The molecule has 1 aliphatic rings. The maximum atomic E-state index is 12.0. The van der Waals surface area contributed by atoms with Crippen LogP contribution in [0.5, 0.6) is 5.75 Å². The molecule has 0 saturated heterocycles. The van der Waals surface area contributed by atoms with Crippen LogP contribution in [0.1, 0.15) is 5.56 Å². The third-order valence-corrected chi connectivity index (χ3v) is 3.88. The molecule has 124 valence electrons. The first kappa shape index (κ1) is 16.6. The van der Waals surface area contributed by atoms with Gasteiger partial charge in [-0.15, -0.1) is 0 Å². The van der Waals surface area contributed by atoms with Crippen molar-refractivity contribution in [2.45, 2.75) is 0 Å². The van der Waals surface area contributed by atoms with Crippen LogP contribution >= 0.6 is 23.2 Å². The monoisotopic (exact) mass is 363 g/mol. The lowest BCUT2D eigenvalue weighted by atomic mass is 10.2. The molecule has 1 aliphatic heterocycles. The summed E-state index contributed by atoms with van der Waals surface area (Å²) in [6, 6.07) is 12.3. The summed E-state index contributed by atoms with van der Waals surface area (Å²) in [7, 11) is 0. The van der Waals surface area contributed by atoms with Crippen molar-refractivity contribution in [2.24, 2.45) is 4.99 Å². The van der Waals surface area contributed by atoms with Crippen LogP contribution < -0.4 is 15.4 Å². The van der Waals surface area contributed by atoms with E-state index >= 15 is 0 Å². The number of hydrogen-bond acceptors (Lipinski definition) is 4. The topological polar surface area (TPSA) is 62.7 Å². The van der Waals surface area contributed by atoms with E-state index < -0.39 is 0 Å². The van der Waals surface area contributed by atoms with Gasteiger partial charge in [-0.1, -0.05) is 35.3 Å². The van der Waals surface area contributed by atoms with E-state index in [-0.39, 0.29) is 12.5 Å². The number of carbonyl (C=O) groups is 1.